The van der Waals surface area contributed by atoms with Gasteiger partial charge in [-0.25, -0.2) is 4.39 Å². The summed E-state index contributed by atoms with van der Waals surface area (Å²) in [5.41, 5.74) is 1.20. The Labute approximate surface area is 135 Å². The molecule has 2 aromatic carbocycles. The molecule has 0 radical (unpaired) electrons. The molecule has 5 heteroatoms. The van der Waals surface area contributed by atoms with Crippen molar-refractivity contribution in [3.63, 3.8) is 0 Å². The zero-order valence-corrected chi connectivity index (χ0v) is 13.3. The van der Waals surface area contributed by atoms with Gasteiger partial charge in [-0.15, -0.1) is 0 Å². The average Bonchev–Trinajstić information content (AvgIpc) is 2.49. The molecule has 0 aliphatic heterocycles. The van der Waals surface area contributed by atoms with E-state index in [1.807, 2.05) is 24.3 Å². The van der Waals surface area contributed by atoms with Crippen molar-refractivity contribution in [1.82, 2.24) is 5.32 Å². The first kappa shape index (κ1) is 17.1. The summed E-state index contributed by atoms with van der Waals surface area (Å²) in [5, 5.41) is 16.5. The van der Waals surface area contributed by atoms with Crippen LogP contribution in [0.5, 0.6) is 0 Å². The van der Waals surface area contributed by atoms with Gasteiger partial charge in [-0.2, -0.15) is 0 Å². The van der Waals surface area contributed by atoms with E-state index in [2.05, 4.69) is 10.6 Å². The smallest absolute Gasteiger partial charge is 0.221 e. The summed E-state index contributed by atoms with van der Waals surface area (Å²) < 4.78 is 13.0. The van der Waals surface area contributed by atoms with Crippen LogP contribution in [-0.4, -0.2) is 17.6 Å². The van der Waals surface area contributed by atoms with Crippen LogP contribution in [0.4, 0.5) is 10.1 Å². The van der Waals surface area contributed by atoms with E-state index in [0.29, 0.717) is 18.7 Å². The molecule has 23 heavy (non-hydrogen) atoms. The normalized spacial score (nSPS) is 13.4. The summed E-state index contributed by atoms with van der Waals surface area (Å²) >= 11 is 0. The van der Waals surface area contributed by atoms with Crippen LogP contribution in [0, 0.1) is 5.82 Å². The van der Waals surface area contributed by atoms with E-state index in [9.17, 15) is 14.3 Å². The third kappa shape index (κ3) is 4.87. The average molecular weight is 316 g/mol. The molecule has 0 saturated heterocycles. The molecule has 0 saturated carbocycles. The van der Waals surface area contributed by atoms with Crippen LogP contribution >= 0.6 is 0 Å². The number of para-hydroxylation sites is 1. The van der Waals surface area contributed by atoms with Crippen LogP contribution in [0.15, 0.2) is 48.5 Å². The molecule has 2 aromatic rings. The Morgan fingerprint density at radius 2 is 1.83 bits per heavy atom. The van der Waals surface area contributed by atoms with Crippen molar-refractivity contribution < 1.29 is 14.3 Å². The predicted octanol–water partition coefficient (Wildman–Crippen LogP) is 2.78. The Morgan fingerprint density at radius 3 is 2.48 bits per heavy atom. The molecular weight excluding hydrogens is 295 g/mol. The standard InChI is InChI=1S/C18H21FN2O2/c1-13(22)21-17-6-4-3-5-14(17)11-20-12-18(2,23)15-7-9-16(19)10-8-15/h3-10,20,23H,11-12H2,1-2H3,(H,21,22). The third-order valence-electron chi connectivity index (χ3n) is 3.58. The SMILES string of the molecule is CC(=O)Nc1ccccc1CNCC(C)(O)c1ccc(F)cc1. The van der Waals surface area contributed by atoms with Crippen LogP contribution < -0.4 is 10.6 Å². The lowest BCUT2D eigenvalue weighted by Crippen LogP contribution is -2.35. The van der Waals surface area contributed by atoms with Crippen LogP contribution in [0.1, 0.15) is 25.0 Å². The lowest BCUT2D eigenvalue weighted by Gasteiger charge is -2.24. The van der Waals surface area contributed by atoms with Gasteiger partial charge in [0.1, 0.15) is 5.82 Å². The van der Waals surface area contributed by atoms with E-state index in [-0.39, 0.29) is 11.7 Å². The number of amides is 1. The molecule has 0 aliphatic carbocycles. The van der Waals surface area contributed by atoms with Crippen molar-refractivity contribution in [2.75, 3.05) is 11.9 Å². The monoisotopic (exact) mass is 316 g/mol. The van der Waals surface area contributed by atoms with E-state index >= 15 is 0 Å². The van der Waals surface area contributed by atoms with Gasteiger partial charge < -0.3 is 15.7 Å². The summed E-state index contributed by atoms with van der Waals surface area (Å²) in [7, 11) is 0. The summed E-state index contributed by atoms with van der Waals surface area (Å²) in [6.07, 6.45) is 0. The van der Waals surface area contributed by atoms with Gasteiger partial charge in [0.25, 0.3) is 0 Å². The zero-order chi connectivity index (χ0) is 16.9. The highest BCUT2D eigenvalue weighted by Gasteiger charge is 2.22. The number of halogens is 1. The third-order valence-corrected chi connectivity index (χ3v) is 3.58. The quantitative estimate of drug-likeness (QED) is 0.768. The second-order valence-electron chi connectivity index (χ2n) is 5.72. The Balaban J connectivity index is 1.99. The lowest BCUT2D eigenvalue weighted by molar-refractivity contribution is -0.114. The highest BCUT2D eigenvalue weighted by Crippen LogP contribution is 2.21. The maximum Gasteiger partial charge on any atom is 0.221 e. The zero-order valence-electron chi connectivity index (χ0n) is 13.3. The Bertz CT molecular complexity index is 669. The minimum absolute atomic E-state index is 0.129. The number of benzene rings is 2. The van der Waals surface area contributed by atoms with Crippen molar-refractivity contribution in [3.05, 3.63) is 65.5 Å². The molecule has 4 nitrogen and oxygen atoms in total. The van der Waals surface area contributed by atoms with Crippen molar-refractivity contribution in [2.45, 2.75) is 26.0 Å². The van der Waals surface area contributed by atoms with Crippen molar-refractivity contribution >= 4 is 11.6 Å². The molecule has 1 amide bonds. The molecule has 1 atom stereocenters. The van der Waals surface area contributed by atoms with Gasteiger partial charge in [0, 0.05) is 25.7 Å². The number of carbonyl (C=O) groups excluding carboxylic acids is 1. The number of hydrogen-bond donors (Lipinski definition) is 3. The molecule has 0 fully saturated rings. The topological polar surface area (TPSA) is 61.4 Å². The van der Waals surface area contributed by atoms with Crippen molar-refractivity contribution in [1.29, 1.82) is 0 Å². The van der Waals surface area contributed by atoms with Gasteiger partial charge in [0.2, 0.25) is 5.91 Å². The van der Waals surface area contributed by atoms with Crippen LogP contribution in [0.3, 0.4) is 0 Å². The number of aliphatic hydroxyl groups is 1. The van der Waals surface area contributed by atoms with Gasteiger partial charge in [-0.05, 0) is 36.2 Å². The van der Waals surface area contributed by atoms with Crippen LogP contribution in [0.2, 0.25) is 0 Å². The highest BCUT2D eigenvalue weighted by molar-refractivity contribution is 5.89. The summed E-state index contributed by atoms with van der Waals surface area (Å²) in [4.78, 5) is 11.2. The van der Waals surface area contributed by atoms with Crippen LogP contribution in [0.25, 0.3) is 0 Å². The lowest BCUT2D eigenvalue weighted by atomic mass is 9.96. The molecular formula is C18H21FN2O2. The first-order chi connectivity index (χ1) is 10.9. The largest absolute Gasteiger partial charge is 0.384 e. The first-order valence-corrected chi connectivity index (χ1v) is 7.43. The second-order valence-corrected chi connectivity index (χ2v) is 5.72. The predicted molar refractivity (Wildman–Crippen MR) is 88.4 cm³/mol. The molecule has 0 aromatic heterocycles. The van der Waals surface area contributed by atoms with Gasteiger partial charge in [-0.1, -0.05) is 30.3 Å². The van der Waals surface area contributed by atoms with Gasteiger partial charge in [0.05, 0.1) is 5.60 Å². The first-order valence-electron chi connectivity index (χ1n) is 7.43. The van der Waals surface area contributed by atoms with E-state index in [1.54, 1.807) is 19.1 Å². The molecule has 0 bridgehead atoms. The number of carbonyl (C=O) groups is 1. The summed E-state index contributed by atoms with van der Waals surface area (Å²) in [5.74, 6) is -0.461. The molecule has 122 valence electrons. The summed E-state index contributed by atoms with van der Waals surface area (Å²) in [6, 6.07) is 13.3. The Kier molecular flexibility index (Phi) is 5.47. The molecule has 0 aliphatic rings. The van der Waals surface area contributed by atoms with Gasteiger partial charge in [-0.3, -0.25) is 4.79 Å². The fourth-order valence-corrected chi connectivity index (χ4v) is 2.34. The van der Waals surface area contributed by atoms with Gasteiger partial charge >= 0.3 is 0 Å². The maximum atomic E-state index is 13.0. The fraction of sp³-hybridized carbons (Fsp3) is 0.278. The summed E-state index contributed by atoms with van der Waals surface area (Å²) in [6.45, 7) is 3.93. The van der Waals surface area contributed by atoms with Crippen LogP contribution in [-0.2, 0) is 16.9 Å². The van der Waals surface area contributed by atoms with E-state index < -0.39 is 5.60 Å². The fourth-order valence-electron chi connectivity index (χ4n) is 2.34. The molecule has 0 spiro atoms. The van der Waals surface area contributed by atoms with Gasteiger partial charge in [0.15, 0.2) is 0 Å². The molecule has 3 N–H and O–H groups in total. The van der Waals surface area contributed by atoms with Crippen molar-refractivity contribution in [2.24, 2.45) is 0 Å². The molecule has 1 unspecified atom stereocenters. The number of rotatable bonds is 6. The van der Waals surface area contributed by atoms with E-state index in [1.165, 1.54) is 19.1 Å². The Hall–Kier alpha value is -2.24. The molecule has 0 heterocycles. The molecule has 2 rings (SSSR count). The Morgan fingerprint density at radius 1 is 1.17 bits per heavy atom. The van der Waals surface area contributed by atoms with Crippen molar-refractivity contribution in [3.8, 4) is 0 Å². The minimum Gasteiger partial charge on any atom is -0.384 e. The number of nitrogens with one attached hydrogen (secondary N) is 2. The maximum absolute atomic E-state index is 13.0. The number of anilines is 1. The second kappa shape index (κ2) is 7.35. The van der Waals surface area contributed by atoms with E-state index in [4.69, 9.17) is 0 Å². The highest BCUT2D eigenvalue weighted by atomic mass is 19.1. The minimum atomic E-state index is -1.11. The van der Waals surface area contributed by atoms with E-state index in [0.717, 1.165) is 11.3 Å². The number of hydrogen-bond acceptors (Lipinski definition) is 3.